The molecular formula is C54H96O6. The van der Waals surface area contributed by atoms with Crippen LogP contribution in [0.4, 0.5) is 0 Å². The van der Waals surface area contributed by atoms with Gasteiger partial charge in [-0.05, 0) is 57.8 Å². The zero-order chi connectivity index (χ0) is 43.7. The summed E-state index contributed by atoms with van der Waals surface area (Å²) in [4.78, 5) is 37.8. The van der Waals surface area contributed by atoms with Crippen LogP contribution in [0.3, 0.4) is 0 Å². The molecule has 0 saturated heterocycles. The van der Waals surface area contributed by atoms with Crippen molar-refractivity contribution in [3.8, 4) is 0 Å². The Balaban J connectivity index is 4.34. The Labute approximate surface area is 371 Å². The Kier molecular flexibility index (Phi) is 46.9. The zero-order valence-electron chi connectivity index (χ0n) is 39.7. The van der Waals surface area contributed by atoms with Gasteiger partial charge in [-0.15, -0.1) is 0 Å². The summed E-state index contributed by atoms with van der Waals surface area (Å²) in [5, 5.41) is 0. The summed E-state index contributed by atoms with van der Waals surface area (Å²) in [6.07, 6.45) is 58.5. The molecule has 0 aliphatic heterocycles. The molecule has 0 aromatic heterocycles. The molecule has 0 aliphatic carbocycles. The number of carbonyl (C=O) groups is 3. The fourth-order valence-corrected chi connectivity index (χ4v) is 7.26. The fraction of sp³-hybridized carbons (Fsp3) is 0.796. The van der Waals surface area contributed by atoms with Crippen LogP contribution in [0.1, 0.15) is 258 Å². The van der Waals surface area contributed by atoms with E-state index in [1.807, 2.05) is 6.08 Å². The van der Waals surface area contributed by atoms with Gasteiger partial charge in [0, 0.05) is 12.8 Å². The number of allylic oxidation sites excluding steroid dienone is 7. The fourth-order valence-electron chi connectivity index (χ4n) is 7.26. The Morgan fingerprint density at radius 1 is 0.367 bits per heavy atom. The molecular weight excluding hydrogens is 745 g/mol. The number of ether oxygens (including phenoxy) is 3. The first kappa shape index (κ1) is 57.4. The van der Waals surface area contributed by atoms with Gasteiger partial charge >= 0.3 is 17.9 Å². The maximum absolute atomic E-state index is 12.8. The van der Waals surface area contributed by atoms with Gasteiger partial charge in [0.15, 0.2) is 6.10 Å². The number of unbranched alkanes of at least 4 members (excludes halogenated alkanes) is 28. The quantitative estimate of drug-likeness (QED) is 0.0263. The van der Waals surface area contributed by atoms with Crippen molar-refractivity contribution in [1.82, 2.24) is 0 Å². The summed E-state index contributed by atoms with van der Waals surface area (Å²) in [5.41, 5.74) is 0. The molecule has 6 nitrogen and oxygen atoms in total. The van der Waals surface area contributed by atoms with Gasteiger partial charge in [-0.25, -0.2) is 0 Å². The second kappa shape index (κ2) is 49.0. The minimum absolute atomic E-state index is 0.102. The summed E-state index contributed by atoms with van der Waals surface area (Å²) in [7, 11) is 0. The third kappa shape index (κ3) is 46.4. The van der Waals surface area contributed by atoms with Gasteiger partial charge < -0.3 is 14.2 Å². The predicted octanol–water partition coefficient (Wildman–Crippen LogP) is 16.7. The molecule has 0 radical (unpaired) electrons. The van der Waals surface area contributed by atoms with E-state index in [9.17, 15) is 14.4 Å². The highest BCUT2D eigenvalue weighted by molar-refractivity contribution is 5.72. The van der Waals surface area contributed by atoms with Gasteiger partial charge in [-0.2, -0.15) is 0 Å². The van der Waals surface area contributed by atoms with Gasteiger partial charge in [0.2, 0.25) is 0 Å². The van der Waals surface area contributed by atoms with E-state index in [1.165, 1.54) is 154 Å². The zero-order valence-corrected chi connectivity index (χ0v) is 39.7. The van der Waals surface area contributed by atoms with Crippen LogP contribution < -0.4 is 0 Å². The second-order valence-corrected chi connectivity index (χ2v) is 17.1. The highest BCUT2D eigenvalue weighted by atomic mass is 16.6. The Morgan fingerprint density at radius 2 is 0.717 bits per heavy atom. The van der Waals surface area contributed by atoms with Crippen LogP contribution in [-0.2, 0) is 28.6 Å². The summed E-state index contributed by atoms with van der Waals surface area (Å²) in [6, 6.07) is 0. The number of carbonyl (C=O) groups excluding carboxylic acids is 3. The van der Waals surface area contributed by atoms with Gasteiger partial charge in [0.05, 0.1) is 6.42 Å². The lowest BCUT2D eigenvalue weighted by atomic mass is 10.0. The van der Waals surface area contributed by atoms with Crippen LogP contribution in [0.5, 0.6) is 0 Å². The Hall–Kier alpha value is -2.63. The van der Waals surface area contributed by atoms with Crippen molar-refractivity contribution in [3.05, 3.63) is 48.6 Å². The SMILES string of the molecule is CC/C=C\C/C=C\C/C=C\CC(=O)OCC(COC(=O)CCCCCCC/C=C\CCCCCCCCCCC)OC(=O)CCCCCCCCCCCCCCCCC. The van der Waals surface area contributed by atoms with E-state index in [2.05, 4.69) is 57.2 Å². The number of rotatable bonds is 46. The van der Waals surface area contributed by atoms with Crippen molar-refractivity contribution in [3.63, 3.8) is 0 Å². The lowest BCUT2D eigenvalue weighted by Crippen LogP contribution is -2.30. The first-order valence-electron chi connectivity index (χ1n) is 25.6. The molecule has 1 unspecified atom stereocenters. The lowest BCUT2D eigenvalue weighted by molar-refractivity contribution is -0.166. The molecule has 0 rings (SSSR count). The summed E-state index contributed by atoms with van der Waals surface area (Å²) < 4.78 is 16.6. The molecule has 348 valence electrons. The van der Waals surface area contributed by atoms with Crippen molar-refractivity contribution >= 4 is 17.9 Å². The largest absolute Gasteiger partial charge is 0.462 e. The topological polar surface area (TPSA) is 78.9 Å². The molecule has 0 N–H and O–H groups in total. The van der Waals surface area contributed by atoms with E-state index in [0.29, 0.717) is 12.8 Å². The van der Waals surface area contributed by atoms with E-state index in [0.717, 1.165) is 64.2 Å². The first-order chi connectivity index (χ1) is 29.5. The van der Waals surface area contributed by atoms with Crippen molar-refractivity contribution in [2.75, 3.05) is 13.2 Å². The Morgan fingerprint density at radius 3 is 1.15 bits per heavy atom. The first-order valence-corrected chi connectivity index (χ1v) is 25.6. The molecule has 0 amide bonds. The van der Waals surface area contributed by atoms with Crippen LogP contribution in [0.15, 0.2) is 48.6 Å². The molecule has 0 saturated carbocycles. The maximum Gasteiger partial charge on any atom is 0.309 e. The highest BCUT2D eigenvalue weighted by Crippen LogP contribution is 2.15. The van der Waals surface area contributed by atoms with Crippen LogP contribution in [0.25, 0.3) is 0 Å². The minimum atomic E-state index is -0.807. The minimum Gasteiger partial charge on any atom is -0.462 e. The summed E-state index contributed by atoms with van der Waals surface area (Å²) >= 11 is 0. The molecule has 0 heterocycles. The van der Waals surface area contributed by atoms with Gasteiger partial charge in [-0.1, -0.05) is 230 Å². The molecule has 0 bridgehead atoms. The predicted molar refractivity (Wildman–Crippen MR) is 256 cm³/mol. The molecule has 0 spiro atoms. The van der Waals surface area contributed by atoms with E-state index < -0.39 is 12.1 Å². The average Bonchev–Trinajstić information content (AvgIpc) is 3.24. The van der Waals surface area contributed by atoms with Crippen LogP contribution in [0, 0.1) is 0 Å². The van der Waals surface area contributed by atoms with Gasteiger partial charge in [0.25, 0.3) is 0 Å². The second-order valence-electron chi connectivity index (χ2n) is 17.1. The van der Waals surface area contributed by atoms with Crippen LogP contribution in [-0.4, -0.2) is 37.2 Å². The summed E-state index contributed by atoms with van der Waals surface area (Å²) in [6.45, 7) is 6.43. The third-order valence-electron chi connectivity index (χ3n) is 11.1. The van der Waals surface area contributed by atoms with E-state index >= 15 is 0 Å². The van der Waals surface area contributed by atoms with Gasteiger partial charge in [0.1, 0.15) is 13.2 Å². The molecule has 60 heavy (non-hydrogen) atoms. The van der Waals surface area contributed by atoms with Crippen molar-refractivity contribution in [2.24, 2.45) is 0 Å². The molecule has 0 fully saturated rings. The maximum atomic E-state index is 12.8. The van der Waals surface area contributed by atoms with E-state index in [4.69, 9.17) is 14.2 Å². The molecule has 0 aromatic carbocycles. The monoisotopic (exact) mass is 841 g/mol. The molecule has 6 heteroatoms. The smallest absolute Gasteiger partial charge is 0.309 e. The number of hydrogen-bond donors (Lipinski definition) is 0. The van der Waals surface area contributed by atoms with Gasteiger partial charge in [-0.3, -0.25) is 14.4 Å². The van der Waals surface area contributed by atoms with Crippen LogP contribution in [0.2, 0.25) is 0 Å². The molecule has 0 aliphatic rings. The highest BCUT2D eigenvalue weighted by Gasteiger charge is 2.19. The summed E-state index contributed by atoms with van der Waals surface area (Å²) in [5.74, 6) is -1.03. The van der Waals surface area contributed by atoms with Crippen molar-refractivity contribution < 1.29 is 28.6 Å². The molecule has 0 aromatic rings. The molecule has 1 atom stereocenters. The van der Waals surface area contributed by atoms with Crippen molar-refractivity contribution in [1.29, 1.82) is 0 Å². The third-order valence-corrected chi connectivity index (χ3v) is 11.1. The average molecular weight is 841 g/mol. The van der Waals surface area contributed by atoms with Crippen molar-refractivity contribution in [2.45, 2.75) is 264 Å². The van der Waals surface area contributed by atoms with E-state index in [1.54, 1.807) is 6.08 Å². The number of hydrogen-bond acceptors (Lipinski definition) is 6. The van der Waals surface area contributed by atoms with E-state index in [-0.39, 0.29) is 31.6 Å². The Bertz CT molecular complexity index is 1060. The standard InChI is InChI=1S/C54H96O6/c1-4-7-10-13-16-19-21-23-25-26-27-29-30-32-35-38-41-44-47-53(56)59-50-51(49-58-52(55)46-43-40-37-34-18-15-12-9-6-3)60-54(57)48-45-42-39-36-33-31-28-24-22-20-17-14-11-8-5-2/h9,12,18,27,29,34,40,43,51H,4-8,10-11,13-17,19-26,28,30-33,35-39,41-42,44-50H2,1-3H3/b12-9-,29-27-,34-18-,43-40-. The lowest BCUT2D eigenvalue weighted by Gasteiger charge is -2.18. The number of esters is 3. The van der Waals surface area contributed by atoms with Crippen LogP contribution >= 0.6 is 0 Å². The normalized spacial score (nSPS) is 12.4.